The van der Waals surface area contributed by atoms with E-state index in [-0.39, 0.29) is 24.3 Å². The van der Waals surface area contributed by atoms with Crippen LogP contribution in [-0.4, -0.2) is 39.5 Å². The molecule has 0 atom stereocenters. The van der Waals surface area contributed by atoms with Crippen molar-refractivity contribution >= 4 is 40.8 Å². The lowest BCUT2D eigenvalue weighted by Gasteiger charge is -2.35. The Balaban J connectivity index is 0.00000231. The molecule has 1 spiro atoms. The normalized spacial score (nSPS) is 22.9. The highest BCUT2D eigenvalue weighted by atomic mass is 35.5. The van der Waals surface area contributed by atoms with Gasteiger partial charge in [0.25, 0.3) is 0 Å². The molecular weight excluding hydrogens is 441 g/mol. The van der Waals surface area contributed by atoms with Crippen molar-refractivity contribution in [3.63, 3.8) is 0 Å². The van der Waals surface area contributed by atoms with Gasteiger partial charge in [0, 0.05) is 30.4 Å². The molecule has 1 amide bonds. The molecule has 0 unspecified atom stereocenters. The van der Waals surface area contributed by atoms with Crippen LogP contribution in [0.2, 0.25) is 0 Å². The lowest BCUT2D eigenvalue weighted by molar-refractivity contribution is 0.0148. The van der Waals surface area contributed by atoms with E-state index in [4.69, 9.17) is 4.74 Å². The van der Waals surface area contributed by atoms with Crippen molar-refractivity contribution in [1.82, 2.24) is 14.8 Å². The maximum Gasteiger partial charge on any atom is 0.416 e. The number of ether oxygens (including phenoxy) is 1. The third-order valence-electron chi connectivity index (χ3n) is 5.90. The van der Waals surface area contributed by atoms with Crippen molar-refractivity contribution in [2.24, 2.45) is 5.92 Å². The molecule has 1 saturated heterocycles. The Bertz CT molecular complexity index is 1040. The largest absolute Gasteiger partial charge is 0.441 e. The first-order valence-electron chi connectivity index (χ1n) is 10.1. The molecule has 31 heavy (non-hydrogen) atoms. The van der Waals surface area contributed by atoms with Crippen molar-refractivity contribution in [3.8, 4) is 5.69 Å². The summed E-state index contributed by atoms with van der Waals surface area (Å²) in [6.45, 7) is 1.36. The number of nitrogens with one attached hydrogen (secondary N) is 1. The Kier molecular flexibility index (Phi) is 6.15. The van der Waals surface area contributed by atoms with Gasteiger partial charge in [-0.3, -0.25) is 0 Å². The quantitative estimate of drug-likeness (QED) is 0.583. The van der Waals surface area contributed by atoms with E-state index in [0.717, 1.165) is 38.0 Å². The number of nitrogens with zero attached hydrogens (tertiary/aromatic N) is 4. The lowest BCUT2D eigenvalue weighted by Crippen LogP contribution is -2.39. The fourth-order valence-corrected chi connectivity index (χ4v) is 4.86. The van der Waals surface area contributed by atoms with Crippen LogP contribution in [0.1, 0.15) is 25.7 Å². The maximum absolute atomic E-state index is 13.9. The second kappa shape index (κ2) is 8.84. The third-order valence-corrected chi connectivity index (χ3v) is 6.69. The Morgan fingerprint density at radius 3 is 2.81 bits per heavy atom. The molecule has 7 nitrogen and oxygen atoms in total. The van der Waals surface area contributed by atoms with E-state index < -0.39 is 5.60 Å². The van der Waals surface area contributed by atoms with Crippen LogP contribution in [0.5, 0.6) is 0 Å². The van der Waals surface area contributed by atoms with Crippen LogP contribution in [0.3, 0.4) is 0 Å². The highest BCUT2D eigenvalue weighted by Crippen LogP contribution is 2.41. The summed E-state index contributed by atoms with van der Waals surface area (Å²) in [6.07, 6.45) is 6.80. The molecule has 164 valence electrons. The number of benzene rings is 1. The van der Waals surface area contributed by atoms with Gasteiger partial charge in [0.05, 0.1) is 6.54 Å². The SMILES string of the molecule is Cl.O=C1OC2(CCC(CNc3ccn(-c4ccccc4F)n3)CC2)CN1c1nccs1. The molecule has 2 aromatic heterocycles. The van der Waals surface area contributed by atoms with Crippen molar-refractivity contribution in [1.29, 1.82) is 0 Å². The minimum Gasteiger partial charge on any atom is -0.441 e. The minimum absolute atomic E-state index is 0. The Labute approximate surface area is 189 Å². The van der Waals surface area contributed by atoms with Gasteiger partial charge in [0.2, 0.25) is 0 Å². The van der Waals surface area contributed by atoms with Crippen LogP contribution in [-0.2, 0) is 4.74 Å². The summed E-state index contributed by atoms with van der Waals surface area (Å²) >= 11 is 1.45. The molecule has 1 saturated carbocycles. The summed E-state index contributed by atoms with van der Waals surface area (Å²) in [6, 6.07) is 8.42. The van der Waals surface area contributed by atoms with E-state index >= 15 is 0 Å². The number of halogens is 2. The predicted octanol–water partition coefficient (Wildman–Crippen LogP) is 4.89. The Morgan fingerprint density at radius 1 is 1.26 bits per heavy atom. The Morgan fingerprint density at radius 2 is 2.06 bits per heavy atom. The third kappa shape index (κ3) is 4.38. The van der Waals surface area contributed by atoms with E-state index in [9.17, 15) is 9.18 Å². The Hall–Kier alpha value is -2.65. The monoisotopic (exact) mass is 463 g/mol. The molecule has 3 aromatic rings. The van der Waals surface area contributed by atoms with Crippen LogP contribution in [0.15, 0.2) is 48.1 Å². The highest BCUT2D eigenvalue weighted by molar-refractivity contribution is 7.13. The number of amides is 1. The summed E-state index contributed by atoms with van der Waals surface area (Å²) in [5, 5.41) is 10.4. The summed E-state index contributed by atoms with van der Waals surface area (Å²) in [5.74, 6) is 0.894. The number of thiazole rings is 1. The van der Waals surface area contributed by atoms with Gasteiger partial charge in [-0.15, -0.1) is 23.7 Å². The molecule has 10 heteroatoms. The molecule has 1 N–H and O–H groups in total. The number of rotatable bonds is 5. The number of anilines is 2. The molecule has 1 aromatic carbocycles. The van der Waals surface area contributed by atoms with Crippen LogP contribution >= 0.6 is 23.7 Å². The molecule has 2 aliphatic rings. The summed E-state index contributed by atoms with van der Waals surface area (Å²) in [4.78, 5) is 18.2. The fraction of sp³-hybridized carbons (Fsp3) is 0.381. The van der Waals surface area contributed by atoms with Crippen LogP contribution in [0, 0.1) is 11.7 Å². The second-order valence-corrected chi connectivity index (χ2v) is 8.75. The fourth-order valence-electron chi connectivity index (χ4n) is 4.23. The molecule has 1 aliphatic carbocycles. The average molecular weight is 464 g/mol. The maximum atomic E-state index is 13.9. The van der Waals surface area contributed by atoms with Crippen LogP contribution < -0.4 is 10.2 Å². The van der Waals surface area contributed by atoms with E-state index in [0.29, 0.717) is 23.3 Å². The van der Waals surface area contributed by atoms with E-state index in [2.05, 4.69) is 15.4 Å². The molecule has 0 radical (unpaired) electrons. The van der Waals surface area contributed by atoms with Crippen molar-refractivity contribution in [2.45, 2.75) is 31.3 Å². The number of aromatic nitrogens is 3. The van der Waals surface area contributed by atoms with Gasteiger partial charge in [-0.1, -0.05) is 12.1 Å². The summed E-state index contributed by atoms with van der Waals surface area (Å²) in [7, 11) is 0. The van der Waals surface area contributed by atoms with Gasteiger partial charge >= 0.3 is 6.09 Å². The zero-order valence-corrected chi connectivity index (χ0v) is 18.4. The van der Waals surface area contributed by atoms with Gasteiger partial charge in [0.15, 0.2) is 5.13 Å². The molecule has 2 fully saturated rings. The molecule has 1 aliphatic heterocycles. The lowest BCUT2D eigenvalue weighted by atomic mass is 9.78. The number of hydrogen-bond donors (Lipinski definition) is 1. The van der Waals surface area contributed by atoms with Gasteiger partial charge in [0.1, 0.15) is 22.9 Å². The van der Waals surface area contributed by atoms with Gasteiger partial charge in [-0.05, 0) is 43.7 Å². The van der Waals surface area contributed by atoms with E-state index in [1.807, 2.05) is 11.4 Å². The zero-order chi connectivity index (χ0) is 20.6. The van der Waals surface area contributed by atoms with E-state index in [1.165, 1.54) is 17.4 Å². The van der Waals surface area contributed by atoms with Crippen LogP contribution in [0.25, 0.3) is 5.69 Å². The number of carbonyl (C=O) groups is 1. The summed E-state index contributed by atoms with van der Waals surface area (Å²) in [5.41, 5.74) is 0.0315. The highest BCUT2D eigenvalue weighted by Gasteiger charge is 2.48. The van der Waals surface area contributed by atoms with Gasteiger partial charge in [-0.25, -0.2) is 23.8 Å². The molecule has 0 bridgehead atoms. The van der Waals surface area contributed by atoms with Gasteiger partial charge in [-0.2, -0.15) is 5.10 Å². The first-order chi connectivity index (χ1) is 14.6. The number of para-hydroxylation sites is 1. The molecular formula is C21H23ClFN5O2S. The summed E-state index contributed by atoms with van der Waals surface area (Å²) < 4.78 is 21.3. The number of hydrogen-bond acceptors (Lipinski definition) is 6. The number of carbonyl (C=O) groups excluding carboxylic acids is 1. The van der Waals surface area contributed by atoms with Crippen LogP contribution in [0.4, 0.5) is 20.1 Å². The minimum atomic E-state index is -0.397. The van der Waals surface area contributed by atoms with Crippen molar-refractivity contribution in [3.05, 3.63) is 53.9 Å². The van der Waals surface area contributed by atoms with Crippen molar-refractivity contribution in [2.75, 3.05) is 23.3 Å². The average Bonchev–Trinajstić information content (AvgIpc) is 3.49. The zero-order valence-electron chi connectivity index (χ0n) is 16.7. The molecule has 5 rings (SSSR count). The first-order valence-corrected chi connectivity index (χ1v) is 10.9. The first kappa shape index (κ1) is 21.6. The molecule has 3 heterocycles. The smallest absolute Gasteiger partial charge is 0.416 e. The van der Waals surface area contributed by atoms with Gasteiger partial charge < -0.3 is 10.1 Å². The standard InChI is InChI=1S/C21H22FN5O2S.ClH/c22-16-3-1-2-4-17(16)27-11-7-18(25-27)24-13-15-5-8-21(9-6-15)14-26(20(28)29-21)19-23-10-12-30-19;/h1-4,7,10-12,15H,5-6,8-9,13-14H2,(H,24,25);1H. The van der Waals surface area contributed by atoms with Crippen molar-refractivity contribution < 1.29 is 13.9 Å². The topological polar surface area (TPSA) is 72.3 Å². The second-order valence-electron chi connectivity index (χ2n) is 7.87. The predicted molar refractivity (Wildman–Crippen MR) is 120 cm³/mol. The van der Waals surface area contributed by atoms with E-state index in [1.54, 1.807) is 40.2 Å².